The van der Waals surface area contributed by atoms with Gasteiger partial charge in [0.05, 0.1) is 11.0 Å². The smallest absolute Gasteiger partial charge is 0.273 e. The largest absolute Gasteiger partial charge is 0.346 e. The van der Waals surface area contributed by atoms with Gasteiger partial charge in [-0.3, -0.25) is 14.9 Å². The second-order valence-corrected chi connectivity index (χ2v) is 5.36. The summed E-state index contributed by atoms with van der Waals surface area (Å²) in [7, 11) is 0. The van der Waals surface area contributed by atoms with E-state index in [0.717, 1.165) is 11.1 Å². The molecule has 0 bridgehead atoms. The summed E-state index contributed by atoms with van der Waals surface area (Å²) in [6, 6.07) is 12.2. The van der Waals surface area contributed by atoms with Gasteiger partial charge in [0.2, 0.25) is 0 Å². The van der Waals surface area contributed by atoms with Crippen molar-refractivity contribution in [3.8, 4) is 0 Å². The van der Waals surface area contributed by atoms with Crippen LogP contribution in [0.25, 0.3) is 0 Å². The van der Waals surface area contributed by atoms with E-state index in [1.807, 2.05) is 38.1 Å². The Kier molecular flexibility index (Phi) is 4.56. The number of nitrogens with zero attached hydrogens (tertiary/aromatic N) is 1. The number of aryl methyl sites for hydroxylation is 2. The molecule has 0 saturated heterocycles. The van der Waals surface area contributed by atoms with Crippen molar-refractivity contribution in [1.82, 2.24) is 5.32 Å². The van der Waals surface area contributed by atoms with Crippen molar-refractivity contribution in [3.63, 3.8) is 0 Å². The van der Waals surface area contributed by atoms with E-state index in [-0.39, 0.29) is 23.2 Å². The highest BCUT2D eigenvalue weighted by Crippen LogP contribution is 2.20. The maximum Gasteiger partial charge on any atom is 0.273 e. The van der Waals surface area contributed by atoms with Gasteiger partial charge in [0, 0.05) is 17.2 Å². The average Bonchev–Trinajstić information content (AvgIpc) is 2.47. The van der Waals surface area contributed by atoms with Crippen LogP contribution in [0, 0.1) is 24.0 Å². The summed E-state index contributed by atoms with van der Waals surface area (Å²) in [6.45, 7) is 5.53. The highest BCUT2D eigenvalue weighted by atomic mass is 16.6. The van der Waals surface area contributed by atoms with Crippen LogP contribution in [0.4, 0.5) is 5.69 Å². The number of carbonyl (C=O) groups excluding carboxylic acids is 1. The first kappa shape index (κ1) is 15.7. The molecule has 0 heterocycles. The standard InChI is InChI=1S/C17H18N2O3/c1-11-4-7-14(8-5-11)13(3)18-17(20)15-9-6-12(2)16(10-15)19(21)22/h4-10,13H,1-3H3,(H,18,20)/t13-/m0/s1. The third-order valence-corrected chi connectivity index (χ3v) is 3.59. The molecular weight excluding hydrogens is 280 g/mol. The van der Waals surface area contributed by atoms with Gasteiger partial charge in [-0.2, -0.15) is 0 Å². The third-order valence-electron chi connectivity index (χ3n) is 3.59. The van der Waals surface area contributed by atoms with E-state index >= 15 is 0 Å². The fraction of sp³-hybridized carbons (Fsp3) is 0.235. The van der Waals surface area contributed by atoms with Crippen LogP contribution < -0.4 is 5.32 Å². The highest BCUT2D eigenvalue weighted by molar-refractivity contribution is 5.95. The lowest BCUT2D eigenvalue weighted by Crippen LogP contribution is -2.26. The molecule has 0 unspecified atom stereocenters. The summed E-state index contributed by atoms with van der Waals surface area (Å²) in [4.78, 5) is 22.7. The van der Waals surface area contributed by atoms with Crippen LogP contribution in [0.2, 0.25) is 0 Å². The molecular formula is C17H18N2O3. The van der Waals surface area contributed by atoms with Gasteiger partial charge < -0.3 is 5.32 Å². The second-order valence-electron chi connectivity index (χ2n) is 5.36. The van der Waals surface area contributed by atoms with Gasteiger partial charge in [-0.15, -0.1) is 0 Å². The lowest BCUT2D eigenvalue weighted by Gasteiger charge is -2.14. The normalized spacial score (nSPS) is 11.8. The van der Waals surface area contributed by atoms with Crippen LogP contribution in [-0.2, 0) is 0 Å². The molecule has 2 aromatic carbocycles. The number of nitro benzene ring substituents is 1. The topological polar surface area (TPSA) is 72.2 Å². The molecule has 22 heavy (non-hydrogen) atoms. The van der Waals surface area contributed by atoms with Crippen LogP contribution in [0.15, 0.2) is 42.5 Å². The monoisotopic (exact) mass is 298 g/mol. The van der Waals surface area contributed by atoms with Crippen molar-refractivity contribution in [2.75, 3.05) is 0 Å². The van der Waals surface area contributed by atoms with Gasteiger partial charge in [0.25, 0.3) is 11.6 Å². The predicted octanol–water partition coefficient (Wildman–Crippen LogP) is 3.70. The minimum atomic E-state index is -0.477. The number of nitro groups is 1. The van der Waals surface area contributed by atoms with Crippen molar-refractivity contribution >= 4 is 11.6 Å². The first-order valence-corrected chi connectivity index (χ1v) is 7.01. The van der Waals surface area contributed by atoms with Crippen LogP contribution >= 0.6 is 0 Å². The summed E-state index contributed by atoms with van der Waals surface area (Å²) in [6.07, 6.45) is 0. The third kappa shape index (κ3) is 3.49. The Balaban J connectivity index is 2.16. The lowest BCUT2D eigenvalue weighted by atomic mass is 10.1. The molecule has 0 aromatic heterocycles. The van der Waals surface area contributed by atoms with E-state index in [1.54, 1.807) is 19.1 Å². The van der Waals surface area contributed by atoms with Gasteiger partial charge in [0.1, 0.15) is 0 Å². The summed E-state index contributed by atoms with van der Waals surface area (Å²) in [5.74, 6) is -0.323. The van der Waals surface area contributed by atoms with E-state index in [0.29, 0.717) is 5.56 Å². The fourth-order valence-electron chi connectivity index (χ4n) is 2.17. The molecule has 0 spiro atoms. The molecule has 0 aliphatic rings. The Hall–Kier alpha value is -2.69. The molecule has 0 saturated carbocycles. The molecule has 1 N–H and O–H groups in total. The van der Waals surface area contributed by atoms with Gasteiger partial charge in [0.15, 0.2) is 0 Å². The minimum Gasteiger partial charge on any atom is -0.346 e. The number of hydrogen-bond acceptors (Lipinski definition) is 3. The molecule has 114 valence electrons. The SMILES string of the molecule is Cc1ccc([C@H](C)NC(=O)c2ccc(C)c([N+](=O)[O-])c2)cc1. The molecule has 5 heteroatoms. The van der Waals surface area contributed by atoms with Crippen LogP contribution in [0.5, 0.6) is 0 Å². The van der Waals surface area contributed by atoms with Crippen molar-refractivity contribution in [2.45, 2.75) is 26.8 Å². The van der Waals surface area contributed by atoms with E-state index in [1.165, 1.54) is 6.07 Å². The average molecular weight is 298 g/mol. The quantitative estimate of drug-likeness (QED) is 0.691. The van der Waals surface area contributed by atoms with Gasteiger partial charge >= 0.3 is 0 Å². The van der Waals surface area contributed by atoms with Gasteiger partial charge in [-0.05, 0) is 32.4 Å². The summed E-state index contributed by atoms with van der Waals surface area (Å²) in [5.41, 5.74) is 2.91. The molecule has 0 radical (unpaired) electrons. The number of benzene rings is 2. The van der Waals surface area contributed by atoms with Gasteiger partial charge in [-0.1, -0.05) is 35.9 Å². The second kappa shape index (κ2) is 6.39. The first-order chi connectivity index (χ1) is 10.4. The van der Waals surface area contributed by atoms with Crippen molar-refractivity contribution < 1.29 is 9.72 Å². The zero-order valence-corrected chi connectivity index (χ0v) is 12.8. The van der Waals surface area contributed by atoms with E-state index in [2.05, 4.69) is 5.32 Å². The molecule has 2 rings (SSSR count). The Morgan fingerprint density at radius 1 is 1.14 bits per heavy atom. The Morgan fingerprint density at radius 2 is 1.77 bits per heavy atom. The zero-order valence-electron chi connectivity index (χ0n) is 12.8. The summed E-state index contributed by atoms with van der Waals surface area (Å²) >= 11 is 0. The van der Waals surface area contributed by atoms with Crippen LogP contribution in [-0.4, -0.2) is 10.8 Å². The van der Waals surface area contributed by atoms with Crippen molar-refractivity contribution in [3.05, 3.63) is 74.8 Å². The van der Waals surface area contributed by atoms with E-state index in [9.17, 15) is 14.9 Å². The fourth-order valence-corrected chi connectivity index (χ4v) is 2.17. The number of amides is 1. The number of rotatable bonds is 4. The molecule has 0 aliphatic carbocycles. The first-order valence-electron chi connectivity index (χ1n) is 7.01. The number of hydrogen-bond donors (Lipinski definition) is 1. The summed E-state index contributed by atoms with van der Waals surface area (Å²) in [5, 5.41) is 13.8. The molecule has 2 aromatic rings. The molecule has 5 nitrogen and oxygen atoms in total. The Labute approximate surface area is 129 Å². The van der Waals surface area contributed by atoms with E-state index < -0.39 is 4.92 Å². The maximum atomic E-state index is 12.2. The molecule has 1 atom stereocenters. The Bertz CT molecular complexity index is 708. The summed E-state index contributed by atoms with van der Waals surface area (Å²) < 4.78 is 0. The van der Waals surface area contributed by atoms with Crippen molar-refractivity contribution in [2.24, 2.45) is 0 Å². The molecule has 0 aliphatic heterocycles. The number of nitrogens with one attached hydrogen (secondary N) is 1. The molecule has 0 fully saturated rings. The van der Waals surface area contributed by atoms with Crippen LogP contribution in [0.3, 0.4) is 0 Å². The molecule has 1 amide bonds. The minimum absolute atomic E-state index is 0.0457. The van der Waals surface area contributed by atoms with Gasteiger partial charge in [-0.25, -0.2) is 0 Å². The predicted molar refractivity (Wildman–Crippen MR) is 84.9 cm³/mol. The lowest BCUT2D eigenvalue weighted by molar-refractivity contribution is -0.385. The Morgan fingerprint density at radius 3 is 2.36 bits per heavy atom. The maximum absolute atomic E-state index is 12.2. The van der Waals surface area contributed by atoms with E-state index in [4.69, 9.17) is 0 Å². The van der Waals surface area contributed by atoms with Crippen LogP contribution in [0.1, 0.15) is 40.0 Å². The highest BCUT2D eigenvalue weighted by Gasteiger charge is 2.16. The number of carbonyl (C=O) groups is 1. The zero-order chi connectivity index (χ0) is 16.3. The van der Waals surface area contributed by atoms with Crippen molar-refractivity contribution in [1.29, 1.82) is 0 Å².